The fraction of sp³-hybridized carbons (Fsp3) is 0.619. The second-order valence-electron chi connectivity index (χ2n) is 9.07. The van der Waals surface area contributed by atoms with Crippen LogP contribution in [0, 0.1) is 33.3 Å². The molecule has 1 atom stereocenters. The molecule has 1 N–H and O–H groups in total. The van der Waals surface area contributed by atoms with Gasteiger partial charge in [0.05, 0.1) is 15.5 Å². The van der Waals surface area contributed by atoms with E-state index >= 15 is 0 Å². The van der Waals surface area contributed by atoms with Gasteiger partial charge >= 0.3 is 5.97 Å². The van der Waals surface area contributed by atoms with E-state index < -0.39 is 17.5 Å². The topological polar surface area (TPSA) is 98.5 Å². The van der Waals surface area contributed by atoms with Crippen molar-refractivity contribution in [3.05, 3.63) is 38.9 Å². The van der Waals surface area contributed by atoms with Gasteiger partial charge in [0.15, 0.2) is 6.61 Å². The first-order chi connectivity index (χ1) is 13.8. The number of rotatable bonds is 6. The Balaban J connectivity index is 1.34. The number of nitrogens with one attached hydrogen (secondary N) is 1. The highest BCUT2D eigenvalue weighted by atomic mass is 35.5. The number of amides is 1. The van der Waals surface area contributed by atoms with E-state index in [2.05, 4.69) is 12.2 Å². The minimum atomic E-state index is -0.851. The summed E-state index contributed by atoms with van der Waals surface area (Å²) in [7, 11) is 0. The van der Waals surface area contributed by atoms with Crippen LogP contribution in [0.15, 0.2) is 18.2 Å². The van der Waals surface area contributed by atoms with Gasteiger partial charge in [-0.25, -0.2) is 4.79 Å². The third-order valence-electron chi connectivity index (χ3n) is 7.10. The molecule has 0 radical (unpaired) electrons. The monoisotopic (exact) mass is 420 g/mol. The van der Waals surface area contributed by atoms with Gasteiger partial charge in [0.1, 0.15) is 0 Å². The molecule has 4 saturated carbocycles. The van der Waals surface area contributed by atoms with E-state index in [0.717, 1.165) is 23.8 Å². The molecular formula is C21H25ClN2O5. The molecule has 0 aromatic heterocycles. The third kappa shape index (κ3) is 3.97. The zero-order valence-electron chi connectivity index (χ0n) is 16.4. The number of nitrogens with zero attached hydrogens (tertiary/aromatic N) is 1. The molecule has 1 aromatic rings. The molecule has 4 aliphatic rings. The average molecular weight is 421 g/mol. The average Bonchev–Trinajstić information content (AvgIpc) is 2.65. The maximum absolute atomic E-state index is 12.4. The molecule has 7 nitrogen and oxygen atoms in total. The summed E-state index contributed by atoms with van der Waals surface area (Å²) in [5.74, 6) is 1.15. The normalized spacial score (nSPS) is 30.6. The number of hydrogen-bond donors (Lipinski definition) is 1. The number of ether oxygens (including phenoxy) is 1. The van der Waals surface area contributed by atoms with Crippen molar-refractivity contribution in [2.45, 2.75) is 51.5 Å². The van der Waals surface area contributed by atoms with Crippen molar-refractivity contribution in [1.29, 1.82) is 0 Å². The summed E-state index contributed by atoms with van der Waals surface area (Å²) in [5.41, 5.74) is -0.221. The minimum Gasteiger partial charge on any atom is -0.452 e. The predicted octanol–water partition coefficient (Wildman–Crippen LogP) is 4.13. The molecule has 8 heteroatoms. The summed E-state index contributed by atoms with van der Waals surface area (Å²) in [6.07, 6.45) is 7.51. The van der Waals surface area contributed by atoms with E-state index in [9.17, 15) is 19.7 Å². The van der Waals surface area contributed by atoms with E-state index in [1.54, 1.807) is 0 Å². The Hall–Kier alpha value is -2.15. The summed E-state index contributed by atoms with van der Waals surface area (Å²) < 4.78 is 5.07. The Morgan fingerprint density at radius 3 is 2.38 bits per heavy atom. The first-order valence-electron chi connectivity index (χ1n) is 10.2. The van der Waals surface area contributed by atoms with Crippen molar-refractivity contribution < 1.29 is 19.2 Å². The molecule has 0 spiro atoms. The second kappa shape index (κ2) is 7.59. The number of carbonyl (C=O) groups is 2. The molecule has 0 saturated heterocycles. The molecule has 29 heavy (non-hydrogen) atoms. The van der Waals surface area contributed by atoms with Crippen LogP contribution in [0.5, 0.6) is 0 Å². The largest absolute Gasteiger partial charge is 0.452 e. The van der Waals surface area contributed by atoms with Crippen molar-refractivity contribution in [3.63, 3.8) is 0 Å². The molecule has 4 aliphatic carbocycles. The first-order valence-corrected chi connectivity index (χ1v) is 10.5. The lowest BCUT2D eigenvalue weighted by Crippen LogP contribution is -2.56. The molecule has 156 valence electrons. The molecule has 0 unspecified atom stereocenters. The van der Waals surface area contributed by atoms with E-state index in [4.69, 9.17) is 16.3 Å². The van der Waals surface area contributed by atoms with Crippen molar-refractivity contribution in [3.8, 4) is 0 Å². The van der Waals surface area contributed by atoms with Gasteiger partial charge in [-0.3, -0.25) is 14.9 Å². The molecule has 1 aromatic carbocycles. The van der Waals surface area contributed by atoms with E-state index in [0.29, 0.717) is 0 Å². The first kappa shape index (κ1) is 20.1. The van der Waals surface area contributed by atoms with Crippen LogP contribution in [0.25, 0.3) is 0 Å². The molecular weight excluding hydrogens is 396 g/mol. The number of nitro benzene ring substituents is 1. The van der Waals surface area contributed by atoms with Crippen LogP contribution in [0.2, 0.25) is 5.02 Å². The summed E-state index contributed by atoms with van der Waals surface area (Å²) in [5, 5.41) is 14.0. The Labute approximate surface area is 174 Å². The second-order valence-corrected chi connectivity index (χ2v) is 9.47. The zero-order valence-corrected chi connectivity index (χ0v) is 17.1. The number of halogens is 1. The van der Waals surface area contributed by atoms with Gasteiger partial charge in [-0.15, -0.1) is 0 Å². The van der Waals surface area contributed by atoms with Gasteiger partial charge in [-0.1, -0.05) is 11.6 Å². The van der Waals surface area contributed by atoms with Crippen LogP contribution in [-0.4, -0.2) is 29.4 Å². The Morgan fingerprint density at radius 1 is 1.24 bits per heavy atom. The molecule has 5 rings (SSSR count). The molecule has 0 heterocycles. The van der Waals surface area contributed by atoms with Crippen LogP contribution in [0.4, 0.5) is 5.69 Å². The van der Waals surface area contributed by atoms with Crippen LogP contribution >= 0.6 is 11.6 Å². The smallest absolute Gasteiger partial charge is 0.340 e. The van der Waals surface area contributed by atoms with Crippen molar-refractivity contribution in [2.24, 2.45) is 23.2 Å². The Kier molecular flexibility index (Phi) is 5.27. The Morgan fingerprint density at radius 2 is 1.83 bits per heavy atom. The summed E-state index contributed by atoms with van der Waals surface area (Å²) in [6.45, 7) is 1.62. The molecule has 1 amide bonds. The Bertz CT molecular complexity index is 820. The SMILES string of the molecule is C[C@@H](NC(=O)COC(=O)c1cc([N+](=O)[O-])ccc1Cl)C12CC3CC(CC(C3)C1)C2. The van der Waals surface area contributed by atoms with E-state index in [1.165, 1.54) is 50.7 Å². The maximum Gasteiger partial charge on any atom is 0.340 e. The number of carbonyl (C=O) groups excluding carboxylic acids is 2. The molecule has 4 bridgehead atoms. The number of hydrogen-bond acceptors (Lipinski definition) is 5. The van der Waals surface area contributed by atoms with Gasteiger partial charge < -0.3 is 10.1 Å². The fourth-order valence-electron chi connectivity index (χ4n) is 6.14. The van der Waals surface area contributed by atoms with Crippen molar-refractivity contribution in [2.75, 3.05) is 6.61 Å². The third-order valence-corrected chi connectivity index (χ3v) is 7.43. The number of benzene rings is 1. The standard InChI is InChI=1S/C21H25ClN2O5/c1-12(21-8-13-4-14(9-21)6-15(5-13)10-21)23-19(25)11-29-20(26)17-7-16(24(27)28)2-3-18(17)22/h2-3,7,12-15H,4-6,8-11H2,1H3,(H,23,25)/t12-,13?,14?,15?,21?/m1/s1. The highest BCUT2D eigenvalue weighted by molar-refractivity contribution is 6.33. The molecule has 4 fully saturated rings. The minimum absolute atomic E-state index is 0.0310. The lowest BCUT2D eigenvalue weighted by atomic mass is 9.48. The highest BCUT2D eigenvalue weighted by Crippen LogP contribution is 2.61. The van der Waals surface area contributed by atoms with Crippen molar-refractivity contribution in [1.82, 2.24) is 5.32 Å². The zero-order chi connectivity index (χ0) is 20.8. The van der Waals surface area contributed by atoms with Crippen LogP contribution in [0.1, 0.15) is 55.8 Å². The lowest BCUT2D eigenvalue weighted by molar-refractivity contribution is -0.384. The fourth-order valence-corrected chi connectivity index (χ4v) is 6.33. The quantitative estimate of drug-likeness (QED) is 0.424. The van der Waals surface area contributed by atoms with Crippen molar-refractivity contribution >= 4 is 29.2 Å². The van der Waals surface area contributed by atoms with Crippen LogP contribution < -0.4 is 5.32 Å². The van der Waals surface area contributed by atoms with Gasteiger partial charge in [0, 0.05) is 18.2 Å². The lowest BCUT2D eigenvalue weighted by Gasteiger charge is -2.59. The number of nitro groups is 1. The van der Waals surface area contributed by atoms with Gasteiger partial charge in [-0.05, 0) is 74.7 Å². The molecule has 0 aliphatic heterocycles. The van der Waals surface area contributed by atoms with E-state index in [1.807, 2.05) is 0 Å². The van der Waals surface area contributed by atoms with Gasteiger partial charge in [0.25, 0.3) is 11.6 Å². The van der Waals surface area contributed by atoms with Gasteiger partial charge in [0.2, 0.25) is 0 Å². The predicted molar refractivity (Wildman–Crippen MR) is 107 cm³/mol. The number of esters is 1. The van der Waals surface area contributed by atoms with E-state index in [-0.39, 0.29) is 33.6 Å². The van der Waals surface area contributed by atoms with Gasteiger partial charge in [-0.2, -0.15) is 0 Å². The summed E-state index contributed by atoms with van der Waals surface area (Å²) >= 11 is 5.95. The van der Waals surface area contributed by atoms with Crippen LogP contribution in [0.3, 0.4) is 0 Å². The maximum atomic E-state index is 12.4. The summed E-state index contributed by atoms with van der Waals surface area (Å²) in [4.78, 5) is 34.9. The number of non-ortho nitro benzene ring substituents is 1. The van der Waals surface area contributed by atoms with Crippen LogP contribution in [-0.2, 0) is 9.53 Å². The highest BCUT2D eigenvalue weighted by Gasteiger charge is 2.53. The summed E-state index contributed by atoms with van der Waals surface area (Å²) in [6, 6.07) is 3.56.